The van der Waals surface area contributed by atoms with Gasteiger partial charge in [0.2, 0.25) is 5.91 Å². The highest BCUT2D eigenvalue weighted by atomic mass is 16.2. The normalized spacial score (nSPS) is 17.0. The van der Waals surface area contributed by atoms with Crippen LogP contribution in [0.2, 0.25) is 0 Å². The van der Waals surface area contributed by atoms with Crippen molar-refractivity contribution >= 4 is 23.4 Å². The van der Waals surface area contributed by atoms with Gasteiger partial charge in [-0.15, -0.1) is 0 Å². The maximum atomic E-state index is 12.2. The van der Waals surface area contributed by atoms with Crippen LogP contribution >= 0.6 is 0 Å². The van der Waals surface area contributed by atoms with Crippen LogP contribution in [0.3, 0.4) is 0 Å². The number of carbonyl (C=O) groups is 2. The lowest BCUT2D eigenvalue weighted by Crippen LogP contribution is -2.39. The molecule has 124 valence electrons. The van der Waals surface area contributed by atoms with E-state index in [1.54, 1.807) is 11.0 Å². The molecule has 0 spiro atoms. The van der Waals surface area contributed by atoms with E-state index in [1.807, 2.05) is 50.2 Å². The summed E-state index contributed by atoms with van der Waals surface area (Å²) in [5.41, 5.74) is 2.83. The van der Waals surface area contributed by atoms with Gasteiger partial charge < -0.3 is 10.2 Å². The molecule has 0 bridgehead atoms. The van der Waals surface area contributed by atoms with Crippen molar-refractivity contribution < 1.29 is 9.59 Å². The maximum absolute atomic E-state index is 12.2. The summed E-state index contributed by atoms with van der Waals surface area (Å²) in [5, 5.41) is 5.53. The second-order valence-electron chi connectivity index (χ2n) is 6.00. The third-order valence-electron chi connectivity index (χ3n) is 3.94. The molecule has 2 aromatic rings. The van der Waals surface area contributed by atoms with E-state index in [-0.39, 0.29) is 18.0 Å². The molecule has 1 atom stereocenters. The molecule has 0 radical (unpaired) electrons. The van der Waals surface area contributed by atoms with Gasteiger partial charge in [-0.05, 0) is 38.1 Å². The number of hydrogen-bond acceptors (Lipinski definition) is 3. The van der Waals surface area contributed by atoms with E-state index in [0.29, 0.717) is 18.8 Å². The van der Waals surface area contributed by atoms with Gasteiger partial charge in [-0.25, -0.2) is 9.78 Å². The lowest BCUT2D eigenvalue weighted by atomic mass is 10.2. The molecule has 1 aromatic carbocycles. The average molecular weight is 324 g/mol. The van der Waals surface area contributed by atoms with Crippen LogP contribution in [-0.2, 0) is 4.79 Å². The van der Waals surface area contributed by atoms with Crippen molar-refractivity contribution in [3.63, 3.8) is 0 Å². The molecule has 1 unspecified atom stereocenters. The lowest BCUT2D eigenvalue weighted by molar-refractivity contribution is -0.117. The predicted octanol–water partition coefficient (Wildman–Crippen LogP) is 2.63. The molecule has 0 saturated carbocycles. The smallest absolute Gasteiger partial charge is 0.320 e. The van der Waals surface area contributed by atoms with Crippen LogP contribution in [0.1, 0.15) is 17.7 Å². The minimum atomic E-state index is -0.350. The Labute approximate surface area is 140 Å². The number of urea groups is 1. The first-order chi connectivity index (χ1) is 11.5. The number of hydrogen-bond donors (Lipinski definition) is 2. The summed E-state index contributed by atoms with van der Waals surface area (Å²) in [6.07, 6.45) is 0.294. The highest BCUT2D eigenvalue weighted by Crippen LogP contribution is 2.22. The number of benzene rings is 1. The van der Waals surface area contributed by atoms with Crippen molar-refractivity contribution in [1.82, 2.24) is 10.3 Å². The number of aryl methyl sites for hydroxylation is 2. The molecule has 3 rings (SSSR count). The van der Waals surface area contributed by atoms with E-state index in [2.05, 4.69) is 15.6 Å². The fourth-order valence-electron chi connectivity index (χ4n) is 2.73. The van der Waals surface area contributed by atoms with Crippen molar-refractivity contribution in [2.24, 2.45) is 0 Å². The Morgan fingerprint density at radius 1 is 1.17 bits per heavy atom. The number of anilines is 2. The zero-order valence-corrected chi connectivity index (χ0v) is 13.7. The number of pyridine rings is 1. The molecular formula is C18H20N4O2. The lowest BCUT2D eigenvalue weighted by Gasteiger charge is -2.17. The quantitative estimate of drug-likeness (QED) is 0.911. The van der Waals surface area contributed by atoms with E-state index in [1.165, 1.54) is 0 Å². The van der Waals surface area contributed by atoms with E-state index in [0.717, 1.165) is 16.9 Å². The minimum Gasteiger partial charge on any atom is -0.333 e. The topological polar surface area (TPSA) is 74.3 Å². The van der Waals surface area contributed by atoms with Gasteiger partial charge in [-0.3, -0.25) is 10.1 Å². The highest BCUT2D eigenvalue weighted by Gasteiger charge is 2.31. The summed E-state index contributed by atoms with van der Waals surface area (Å²) in [6.45, 7) is 4.33. The van der Waals surface area contributed by atoms with Crippen molar-refractivity contribution in [3.8, 4) is 0 Å². The van der Waals surface area contributed by atoms with Crippen molar-refractivity contribution in [2.75, 3.05) is 16.8 Å². The first-order valence-corrected chi connectivity index (χ1v) is 7.89. The van der Waals surface area contributed by atoms with Crippen LogP contribution in [-0.4, -0.2) is 29.5 Å². The van der Waals surface area contributed by atoms with Gasteiger partial charge in [-0.1, -0.05) is 23.8 Å². The molecule has 3 amide bonds. The predicted molar refractivity (Wildman–Crippen MR) is 93.1 cm³/mol. The van der Waals surface area contributed by atoms with Gasteiger partial charge in [0.05, 0.1) is 6.04 Å². The van der Waals surface area contributed by atoms with Gasteiger partial charge in [0, 0.05) is 24.3 Å². The average Bonchev–Trinajstić information content (AvgIpc) is 2.88. The first kappa shape index (κ1) is 16.0. The van der Waals surface area contributed by atoms with E-state index in [4.69, 9.17) is 0 Å². The number of carbonyl (C=O) groups excluding carboxylic acids is 2. The summed E-state index contributed by atoms with van der Waals surface area (Å²) in [5.74, 6) is 0.505. The Kier molecular flexibility index (Phi) is 4.46. The number of aromatic nitrogens is 1. The maximum Gasteiger partial charge on any atom is 0.320 e. The Balaban J connectivity index is 1.59. The third kappa shape index (κ3) is 3.71. The van der Waals surface area contributed by atoms with Crippen molar-refractivity contribution in [2.45, 2.75) is 26.3 Å². The van der Waals surface area contributed by atoms with Crippen LogP contribution in [0, 0.1) is 13.8 Å². The third-order valence-corrected chi connectivity index (χ3v) is 3.94. The number of nitrogens with one attached hydrogen (secondary N) is 2. The molecule has 1 fully saturated rings. The SMILES string of the molecule is Cc1ccc(N2CC(NC(=O)Nc3cccc(C)n3)CC2=O)cc1. The van der Waals surface area contributed by atoms with Gasteiger partial charge in [-0.2, -0.15) is 0 Å². The molecule has 0 aliphatic carbocycles. The van der Waals surface area contributed by atoms with Gasteiger partial charge in [0.15, 0.2) is 0 Å². The monoisotopic (exact) mass is 324 g/mol. The number of amides is 3. The second kappa shape index (κ2) is 6.70. The van der Waals surface area contributed by atoms with Crippen LogP contribution in [0.4, 0.5) is 16.3 Å². The molecule has 2 heterocycles. The molecule has 1 saturated heterocycles. The molecule has 2 N–H and O–H groups in total. The van der Waals surface area contributed by atoms with Crippen molar-refractivity contribution in [1.29, 1.82) is 0 Å². The zero-order chi connectivity index (χ0) is 17.1. The number of nitrogens with zero attached hydrogens (tertiary/aromatic N) is 2. The van der Waals surface area contributed by atoms with E-state index < -0.39 is 0 Å². The summed E-state index contributed by atoms with van der Waals surface area (Å²) in [4.78, 5) is 30.2. The Morgan fingerprint density at radius 2 is 1.92 bits per heavy atom. The van der Waals surface area contributed by atoms with Crippen LogP contribution in [0.5, 0.6) is 0 Å². The largest absolute Gasteiger partial charge is 0.333 e. The fourth-order valence-corrected chi connectivity index (χ4v) is 2.73. The summed E-state index contributed by atoms with van der Waals surface area (Å²) >= 11 is 0. The van der Waals surface area contributed by atoms with E-state index in [9.17, 15) is 9.59 Å². The fraction of sp³-hybridized carbons (Fsp3) is 0.278. The molecule has 1 aliphatic heterocycles. The summed E-state index contributed by atoms with van der Waals surface area (Å²) < 4.78 is 0. The molecule has 1 aromatic heterocycles. The minimum absolute atomic E-state index is 0.0119. The van der Waals surface area contributed by atoms with Gasteiger partial charge in [0.1, 0.15) is 5.82 Å². The van der Waals surface area contributed by atoms with E-state index >= 15 is 0 Å². The summed E-state index contributed by atoms with van der Waals surface area (Å²) in [6, 6.07) is 12.6. The standard InChI is InChI=1S/C18H20N4O2/c1-12-6-8-15(9-7-12)22-11-14(10-17(22)23)20-18(24)21-16-5-3-4-13(2)19-16/h3-9,14H,10-11H2,1-2H3,(H2,19,20,21,24). The molecule has 24 heavy (non-hydrogen) atoms. The summed E-state index contributed by atoms with van der Waals surface area (Å²) in [7, 11) is 0. The number of rotatable bonds is 3. The first-order valence-electron chi connectivity index (χ1n) is 7.89. The Bertz CT molecular complexity index is 758. The van der Waals surface area contributed by atoms with Crippen LogP contribution < -0.4 is 15.5 Å². The van der Waals surface area contributed by atoms with Gasteiger partial charge in [0.25, 0.3) is 0 Å². The highest BCUT2D eigenvalue weighted by molar-refractivity contribution is 5.97. The molecule has 6 nitrogen and oxygen atoms in total. The molecule has 6 heteroatoms. The molecule has 1 aliphatic rings. The van der Waals surface area contributed by atoms with Crippen molar-refractivity contribution in [3.05, 3.63) is 53.7 Å². The Hall–Kier alpha value is -2.89. The van der Waals surface area contributed by atoms with Crippen LogP contribution in [0.25, 0.3) is 0 Å². The second-order valence-corrected chi connectivity index (χ2v) is 6.00. The zero-order valence-electron chi connectivity index (χ0n) is 13.7. The van der Waals surface area contributed by atoms with Crippen LogP contribution in [0.15, 0.2) is 42.5 Å². The Morgan fingerprint density at radius 3 is 2.62 bits per heavy atom. The molecular weight excluding hydrogens is 304 g/mol. The van der Waals surface area contributed by atoms with Gasteiger partial charge >= 0.3 is 6.03 Å².